The van der Waals surface area contributed by atoms with E-state index in [1.165, 1.54) is 23.4 Å². The molecule has 0 fully saturated rings. The van der Waals surface area contributed by atoms with Crippen LogP contribution in [0.3, 0.4) is 0 Å². The number of sulfonamides is 1. The van der Waals surface area contributed by atoms with Crippen molar-refractivity contribution in [2.24, 2.45) is 10.1 Å². The number of anilines is 1. The molecule has 0 aromatic heterocycles. The molecule has 4 rings (SSSR count). The Morgan fingerprint density at radius 3 is 2.86 bits per heavy atom. The number of amides is 1. The van der Waals surface area contributed by atoms with Gasteiger partial charge in [0.05, 0.1) is 16.3 Å². The Morgan fingerprint density at radius 1 is 1.29 bits per heavy atom. The molecule has 1 atom stereocenters. The van der Waals surface area contributed by atoms with Gasteiger partial charge in [0, 0.05) is 17.5 Å². The van der Waals surface area contributed by atoms with E-state index >= 15 is 0 Å². The zero-order chi connectivity index (χ0) is 19.9. The van der Waals surface area contributed by atoms with Gasteiger partial charge in [-0.2, -0.15) is 0 Å². The van der Waals surface area contributed by atoms with Crippen LogP contribution in [0.2, 0.25) is 0 Å². The minimum absolute atomic E-state index is 0.0123. The third kappa shape index (κ3) is 3.84. The number of hydrogen-bond donors (Lipinski definition) is 1. The standard InChI is InChI=1S/C19H19N3O3S3/c1-12-8-14-9-15(28(20,24)25)6-7-17(14)22(12)18(23)11-27-19-21-16-5-3-2-4-13(16)10-26-19/h2-7,9,12H,8,10-11H2,1H3,(H2,20,24,25)/t12-/m0/s1. The first-order chi connectivity index (χ1) is 13.3. The van der Waals surface area contributed by atoms with Crippen LogP contribution in [-0.4, -0.2) is 30.5 Å². The summed E-state index contributed by atoms with van der Waals surface area (Å²) in [7, 11) is -3.75. The zero-order valence-electron chi connectivity index (χ0n) is 15.2. The topological polar surface area (TPSA) is 92.8 Å². The predicted molar refractivity (Wildman–Crippen MR) is 116 cm³/mol. The van der Waals surface area contributed by atoms with E-state index in [1.807, 2.05) is 25.1 Å². The van der Waals surface area contributed by atoms with E-state index in [1.54, 1.807) is 28.8 Å². The summed E-state index contributed by atoms with van der Waals surface area (Å²) in [6.07, 6.45) is 0.609. The largest absolute Gasteiger partial charge is 0.308 e. The Bertz CT molecular complexity index is 1080. The van der Waals surface area contributed by atoms with Gasteiger partial charge in [-0.15, -0.1) is 0 Å². The van der Waals surface area contributed by atoms with Crippen molar-refractivity contribution in [2.45, 2.75) is 30.0 Å². The third-order valence-electron chi connectivity index (χ3n) is 4.74. The van der Waals surface area contributed by atoms with Gasteiger partial charge in [-0.25, -0.2) is 18.5 Å². The number of primary sulfonamides is 1. The molecular weight excluding hydrogens is 414 g/mol. The van der Waals surface area contributed by atoms with Crippen molar-refractivity contribution >= 4 is 55.2 Å². The Morgan fingerprint density at radius 2 is 2.07 bits per heavy atom. The van der Waals surface area contributed by atoms with E-state index in [-0.39, 0.29) is 22.6 Å². The molecule has 2 N–H and O–H groups in total. The summed E-state index contributed by atoms with van der Waals surface area (Å²) < 4.78 is 24.0. The number of benzene rings is 2. The van der Waals surface area contributed by atoms with Gasteiger partial charge in [-0.1, -0.05) is 41.7 Å². The molecule has 2 aliphatic rings. The second-order valence-electron chi connectivity index (χ2n) is 6.74. The fourth-order valence-corrected chi connectivity index (χ4v) is 5.93. The summed E-state index contributed by atoms with van der Waals surface area (Å²) in [6.45, 7) is 1.96. The highest BCUT2D eigenvalue weighted by Gasteiger charge is 2.32. The monoisotopic (exact) mass is 433 g/mol. The van der Waals surface area contributed by atoms with Gasteiger partial charge in [-0.05, 0) is 48.7 Å². The molecule has 6 nitrogen and oxygen atoms in total. The van der Waals surface area contributed by atoms with Crippen LogP contribution in [0, 0.1) is 0 Å². The maximum absolute atomic E-state index is 12.9. The van der Waals surface area contributed by atoms with Crippen molar-refractivity contribution in [1.29, 1.82) is 0 Å². The first kappa shape index (κ1) is 19.5. The van der Waals surface area contributed by atoms with Crippen LogP contribution >= 0.6 is 23.5 Å². The van der Waals surface area contributed by atoms with Crippen molar-refractivity contribution in [2.75, 3.05) is 10.7 Å². The normalized spacial score (nSPS) is 18.4. The quantitative estimate of drug-likeness (QED) is 0.802. The number of para-hydroxylation sites is 1. The summed E-state index contributed by atoms with van der Waals surface area (Å²) in [5.41, 5.74) is 3.76. The molecule has 0 bridgehead atoms. The average Bonchev–Trinajstić information content (AvgIpc) is 3.00. The number of nitrogens with zero attached hydrogens (tertiary/aromatic N) is 2. The van der Waals surface area contributed by atoms with E-state index in [2.05, 4.69) is 11.1 Å². The Kier molecular flexibility index (Phi) is 5.26. The van der Waals surface area contributed by atoms with E-state index in [0.717, 1.165) is 27.1 Å². The number of carbonyl (C=O) groups excluding carboxylic acids is 1. The highest BCUT2D eigenvalue weighted by Crippen LogP contribution is 2.37. The van der Waals surface area contributed by atoms with Crippen LogP contribution < -0.4 is 10.0 Å². The lowest BCUT2D eigenvalue weighted by Gasteiger charge is -2.23. The van der Waals surface area contributed by atoms with Crippen molar-refractivity contribution in [1.82, 2.24) is 0 Å². The van der Waals surface area contributed by atoms with E-state index < -0.39 is 10.0 Å². The molecule has 0 unspecified atom stereocenters. The number of rotatable bonds is 3. The molecule has 9 heteroatoms. The fourth-order valence-electron chi connectivity index (χ4n) is 3.44. The van der Waals surface area contributed by atoms with E-state index in [9.17, 15) is 13.2 Å². The van der Waals surface area contributed by atoms with Gasteiger partial charge in [0.15, 0.2) is 0 Å². The van der Waals surface area contributed by atoms with Crippen molar-refractivity contribution in [3.05, 3.63) is 53.6 Å². The van der Waals surface area contributed by atoms with Gasteiger partial charge in [0.2, 0.25) is 15.9 Å². The Balaban J connectivity index is 1.49. The smallest absolute Gasteiger partial charge is 0.238 e. The molecule has 2 aromatic rings. The third-order valence-corrected chi connectivity index (χ3v) is 7.88. The number of carbonyl (C=O) groups is 1. The van der Waals surface area contributed by atoms with Crippen LogP contribution in [0.4, 0.5) is 11.4 Å². The maximum Gasteiger partial charge on any atom is 0.238 e. The van der Waals surface area contributed by atoms with Gasteiger partial charge >= 0.3 is 0 Å². The first-order valence-corrected chi connectivity index (χ1v) is 12.2. The second-order valence-corrected chi connectivity index (χ2v) is 10.5. The van der Waals surface area contributed by atoms with E-state index in [0.29, 0.717) is 6.42 Å². The molecule has 0 saturated heterocycles. The lowest BCUT2D eigenvalue weighted by atomic mass is 10.1. The molecule has 2 aromatic carbocycles. The van der Waals surface area contributed by atoms with Crippen LogP contribution in [0.1, 0.15) is 18.1 Å². The SMILES string of the molecule is C[C@H]1Cc2cc(S(N)(=O)=O)ccc2N1C(=O)CSC1=Nc2ccccc2CS1. The summed E-state index contributed by atoms with van der Waals surface area (Å²) in [5.74, 6) is 1.13. The second kappa shape index (κ2) is 7.55. The number of aliphatic imine (C=N–C) groups is 1. The molecule has 0 saturated carbocycles. The molecular formula is C19H19N3O3S3. The minimum Gasteiger partial charge on any atom is -0.308 e. The maximum atomic E-state index is 12.9. The van der Waals surface area contributed by atoms with Crippen LogP contribution in [0.15, 0.2) is 52.4 Å². The highest BCUT2D eigenvalue weighted by atomic mass is 32.2. The van der Waals surface area contributed by atoms with Gasteiger partial charge in [-0.3, -0.25) is 4.79 Å². The Labute approximate surface area is 172 Å². The van der Waals surface area contributed by atoms with Gasteiger partial charge in [0.25, 0.3) is 0 Å². The van der Waals surface area contributed by atoms with Crippen molar-refractivity contribution < 1.29 is 13.2 Å². The van der Waals surface area contributed by atoms with Gasteiger partial charge in [0.1, 0.15) is 4.38 Å². The summed E-state index contributed by atoms with van der Waals surface area (Å²) in [4.78, 5) is 19.3. The minimum atomic E-state index is -3.75. The summed E-state index contributed by atoms with van der Waals surface area (Å²) >= 11 is 3.09. The lowest BCUT2D eigenvalue weighted by Crippen LogP contribution is -2.37. The fraction of sp³-hybridized carbons (Fsp3) is 0.263. The number of nitrogens with two attached hydrogens (primary N) is 1. The van der Waals surface area contributed by atoms with Gasteiger partial charge < -0.3 is 4.90 Å². The zero-order valence-corrected chi connectivity index (χ0v) is 17.6. The molecule has 1 amide bonds. The highest BCUT2D eigenvalue weighted by molar-refractivity contribution is 8.38. The molecule has 146 valence electrons. The number of thioether (sulfide) groups is 2. The van der Waals surface area contributed by atoms with Crippen LogP contribution in [0.5, 0.6) is 0 Å². The number of fused-ring (bicyclic) bond motifs is 2. The van der Waals surface area contributed by atoms with Crippen molar-refractivity contribution in [3.8, 4) is 0 Å². The molecule has 28 heavy (non-hydrogen) atoms. The van der Waals surface area contributed by atoms with Crippen LogP contribution in [0.25, 0.3) is 0 Å². The van der Waals surface area contributed by atoms with Crippen molar-refractivity contribution in [3.63, 3.8) is 0 Å². The molecule has 0 spiro atoms. The first-order valence-electron chi connectivity index (χ1n) is 8.73. The van der Waals surface area contributed by atoms with Crippen LogP contribution in [-0.2, 0) is 27.0 Å². The lowest BCUT2D eigenvalue weighted by molar-refractivity contribution is -0.116. The molecule has 0 radical (unpaired) electrons. The average molecular weight is 434 g/mol. The number of hydrogen-bond acceptors (Lipinski definition) is 6. The molecule has 2 heterocycles. The molecule has 0 aliphatic carbocycles. The Hall–Kier alpha value is -1.81. The summed E-state index contributed by atoms with van der Waals surface area (Å²) in [5, 5.41) is 5.22. The van der Waals surface area contributed by atoms with E-state index in [4.69, 9.17) is 5.14 Å². The predicted octanol–water partition coefficient (Wildman–Crippen LogP) is 3.28. The molecule has 2 aliphatic heterocycles. The summed E-state index contributed by atoms with van der Waals surface area (Å²) in [6, 6.07) is 12.7.